The van der Waals surface area contributed by atoms with E-state index in [4.69, 9.17) is 4.99 Å². The van der Waals surface area contributed by atoms with Crippen molar-refractivity contribution in [1.29, 1.82) is 0 Å². The zero-order valence-corrected chi connectivity index (χ0v) is 10.2. The van der Waals surface area contributed by atoms with Crippen LogP contribution in [0.2, 0.25) is 0 Å². The predicted molar refractivity (Wildman–Crippen MR) is 61.7 cm³/mol. The Morgan fingerprint density at radius 2 is 1.43 bits per heavy atom. The van der Waals surface area contributed by atoms with Crippen LogP contribution in [0.3, 0.4) is 0 Å². The molecule has 82 valence electrons. The van der Waals surface area contributed by atoms with Crippen molar-refractivity contribution in [2.45, 2.75) is 39.2 Å². The molecule has 0 aromatic rings. The van der Waals surface area contributed by atoms with Gasteiger partial charge in [-0.1, -0.05) is 0 Å². The van der Waals surface area contributed by atoms with Gasteiger partial charge >= 0.3 is 0 Å². The second kappa shape index (κ2) is 4.20. The standard InChI is InChI=1S/C11H23N3/c1-11(2,3)12-10-13(4)8-6-7-9-14(10)5/h6-9H2,1-5H3. The Kier molecular flexibility index (Phi) is 3.40. The lowest BCUT2D eigenvalue weighted by atomic mass is 10.1. The molecule has 0 saturated carbocycles. The Hall–Kier alpha value is -0.730. The van der Waals surface area contributed by atoms with Gasteiger partial charge in [0.25, 0.3) is 0 Å². The molecule has 3 nitrogen and oxygen atoms in total. The summed E-state index contributed by atoms with van der Waals surface area (Å²) in [4.78, 5) is 9.28. The molecular formula is C11H23N3. The van der Waals surface area contributed by atoms with Crippen molar-refractivity contribution in [2.24, 2.45) is 4.99 Å². The van der Waals surface area contributed by atoms with Gasteiger partial charge in [0.1, 0.15) is 0 Å². The summed E-state index contributed by atoms with van der Waals surface area (Å²) in [5.41, 5.74) is 0.0161. The van der Waals surface area contributed by atoms with Gasteiger partial charge in [0, 0.05) is 27.2 Å². The lowest BCUT2D eigenvalue weighted by molar-refractivity contribution is 0.417. The van der Waals surface area contributed by atoms with E-state index in [1.165, 1.54) is 12.8 Å². The highest BCUT2D eigenvalue weighted by atomic mass is 15.4. The number of rotatable bonds is 0. The molecule has 1 rings (SSSR count). The molecule has 0 spiro atoms. The molecule has 0 N–H and O–H groups in total. The quantitative estimate of drug-likeness (QED) is 0.589. The van der Waals surface area contributed by atoms with Gasteiger partial charge in [-0.2, -0.15) is 0 Å². The van der Waals surface area contributed by atoms with E-state index in [0.29, 0.717) is 0 Å². The minimum Gasteiger partial charge on any atom is -0.346 e. The van der Waals surface area contributed by atoms with E-state index >= 15 is 0 Å². The smallest absolute Gasteiger partial charge is 0.196 e. The molecular weight excluding hydrogens is 174 g/mol. The molecule has 1 heterocycles. The molecule has 0 radical (unpaired) electrons. The molecule has 0 amide bonds. The average Bonchev–Trinajstić information content (AvgIpc) is 2.17. The van der Waals surface area contributed by atoms with Crippen molar-refractivity contribution in [3.63, 3.8) is 0 Å². The summed E-state index contributed by atoms with van der Waals surface area (Å²) in [6.07, 6.45) is 2.54. The van der Waals surface area contributed by atoms with Crippen LogP contribution in [0.15, 0.2) is 4.99 Å². The fourth-order valence-electron chi connectivity index (χ4n) is 1.66. The normalized spacial score (nSPS) is 19.6. The van der Waals surface area contributed by atoms with Crippen molar-refractivity contribution in [2.75, 3.05) is 27.2 Å². The first-order chi connectivity index (χ1) is 6.40. The van der Waals surface area contributed by atoms with Crippen LogP contribution in [0.1, 0.15) is 33.6 Å². The van der Waals surface area contributed by atoms with E-state index in [1.807, 2.05) is 0 Å². The molecule has 0 aliphatic carbocycles. The summed E-state index contributed by atoms with van der Waals surface area (Å²) < 4.78 is 0. The van der Waals surface area contributed by atoms with Crippen molar-refractivity contribution in [3.8, 4) is 0 Å². The third kappa shape index (κ3) is 3.20. The van der Waals surface area contributed by atoms with Gasteiger partial charge in [0.2, 0.25) is 0 Å². The monoisotopic (exact) mass is 197 g/mol. The molecule has 0 unspecified atom stereocenters. The molecule has 0 aromatic heterocycles. The first-order valence-corrected chi connectivity index (χ1v) is 5.42. The lowest BCUT2D eigenvalue weighted by Crippen LogP contribution is -2.40. The molecule has 1 aliphatic heterocycles. The Balaban J connectivity index is 2.85. The summed E-state index contributed by atoms with van der Waals surface area (Å²) in [6, 6.07) is 0. The Morgan fingerprint density at radius 3 is 1.79 bits per heavy atom. The van der Waals surface area contributed by atoms with Crippen molar-refractivity contribution >= 4 is 5.96 Å². The van der Waals surface area contributed by atoms with Gasteiger partial charge in [-0.05, 0) is 33.6 Å². The van der Waals surface area contributed by atoms with E-state index in [1.54, 1.807) is 0 Å². The fraction of sp³-hybridized carbons (Fsp3) is 0.909. The van der Waals surface area contributed by atoms with Gasteiger partial charge in [-0.25, -0.2) is 4.99 Å². The highest BCUT2D eigenvalue weighted by molar-refractivity contribution is 5.80. The van der Waals surface area contributed by atoms with Gasteiger partial charge < -0.3 is 9.80 Å². The highest BCUT2D eigenvalue weighted by Crippen LogP contribution is 2.12. The second-order valence-electron chi connectivity index (χ2n) is 5.13. The molecule has 0 aromatic carbocycles. The zero-order valence-electron chi connectivity index (χ0n) is 10.2. The van der Waals surface area contributed by atoms with Crippen LogP contribution in [0, 0.1) is 0 Å². The van der Waals surface area contributed by atoms with Crippen LogP contribution in [-0.2, 0) is 0 Å². The van der Waals surface area contributed by atoms with Crippen LogP contribution in [-0.4, -0.2) is 48.5 Å². The summed E-state index contributed by atoms with van der Waals surface area (Å²) in [6.45, 7) is 8.68. The maximum atomic E-state index is 4.76. The van der Waals surface area contributed by atoms with Crippen molar-refractivity contribution < 1.29 is 0 Å². The maximum Gasteiger partial charge on any atom is 0.196 e. The van der Waals surface area contributed by atoms with E-state index in [-0.39, 0.29) is 5.54 Å². The average molecular weight is 197 g/mol. The van der Waals surface area contributed by atoms with Crippen LogP contribution in [0.5, 0.6) is 0 Å². The van der Waals surface area contributed by atoms with Crippen LogP contribution < -0.4 is 0 Å². The van der Waals surface area contributed by atoms with Gasteiger partial charge in [-0.3, -0.25) is 0 Å². The third-order valence-electron chi connectivity index (χ3n) is 2.36. The molecule has 1 aliphatic rings. The topological polar surface area (TPSA) is 18.8 Å². The molecule has 14 heavy (non-hydrogen) atoms. The minimum absolute atomic E-state index is 0.0161. The zero-order chi connectivity index (χ0) is 10.8. The molecule has 1 fully saturated rings. The second-order valence-corrected chi connectivity index (χ2v) is 5.13. The van der Waals surface area contributed by atoms with Gasteiger partial charge in [0.05, 0.1) is 5.54 Å². The van der Waals surface area contributed by atoms with Gasteiger partial charge in [-0.15, -0.1) is 0 Å². The molecule has 0 bridgehead atoms. The largest absolute Gasteiger partial charge is 0.346 e. The van der Waals surface area contributed by atoms with Crippen molar-refractivity contribution in [1.82, 2.24) is 9.80 Å². The van der Waals surface area contributed by atoms with Crippen LogP contribution in [0.25, 0.3) is 0 Å². The third-order valence-corrected chi connectivity index (χ3v) is 2.36. The number of nitrogens with zero attached hydrogens (tertiary/aromatic N) is 3. The number of hydrogen-bond donors (Lipinski definition) is 0. The Labute approximate surface area is 87.8 Å². The van der Waals surface area contributed by atoms with E-state index in [9.17, 15) is 0 Å². The maximum absolute atomic E-state index is 4.76. The SMILES string of the molecule is CN1CCCCN(C)C1=NC(C)(C)C. The first-order valence-electron chi connectivity index (χ1n) is 5.42. The molecule has 3 heteroatoms. The van der Waals surface area contributed by atoms with Crippen LogP contribution >= 0.6 is 0 Å². The minimum atomic E-state index is 0.0161. The van der Waals surface area contributed by atoms with E-state index in [2.05, 4.69) is 44.7 Å². The summed E-state index contributed by atoms with van der Waals surface area (Å²) in [5.74, 6) is 1.13. The predicted octanol–water partition coefficient (Wildman–Crippen LogP) is 1.80. The Morgan fingerprint density at radius 1 is 1.00 bits per heavy atom. The van der Waals surface area contributed by atoms with E-state index in [0.717, 1.165) is 19.0 Å². The summed E-state index contributed by atoms with van der Waals surface area (Å²) >= 11 is 0. The number of aliphatic imine (C=N–C) groups is 1. The van der Waals surface area contributed by atoms with Crippen LogP contribution in [0.4, 0.5) is 0 Å². The molecule has 1 saturated heterocycles. The highest BCUT2D eigenvalue weighted by Gasteiger charge is 2.18. The first kappa shape index (κ1) is 11.3. The molecule has 0 atom stereocenters. The number of hydrogen-bond acceptors (Lipinski definition) is 1. The summed E-state index contributed by atoms with van der Waals surface area (Å²) in [5, 5.41) is 0. The lowest BCUT2D eigenvalue weighted by Gasteiger charge is -2.28. The van der Waals surface area contributed by atoms with Crippen molar-refractivity contribution in [3.05, 3.63) is 0 Å². The fourth-order valence-corrected chi connectivity index (χ4v) is 1.66. The van der Waals surface area contributed by atoms with E-state index < -0.39 is 0 Å². The van der Waals surface area contributed by atoms with Gasteiger partial charge in [0.15, 0.2) is 5.96 Å². The Bertz CT molecular complexity index is 201. The summed E-state index contributed by atoms with van der Waals surface area (Å²) in [7, 11) is 4.26. The number of guanidine groups is 1.